The molecule has 0 aliphatic carbocycles. The van der Waals surface area contributed by atoms with E-state index in [-0.39, 0.29) is 11.1 Å². The number of hydrogen-bond donors (Lipinski definition) is 1. The topological polar surface area (TPSA) is 96.9 Å². The van der Waals surface area contributed by atoms with Crippen LogP contribution in [0.15, 0.2) is 49.0 Å². The summed E-state index contributed by atoms with van der Waals surface area (Å²) in [4.78, 5) is 36.9. The normalized spacial score (nSPS) is 15.7. The summed E-state index contributed by atoms with van der Waals surface area (Å²) in [5.41, 5.74) is -0.369. The summed E-state index contributed by atoms with van der Waals surface area (Å²) >= 11 is 3.33. The zero-order chi connectivity index (χ0) is 19.2. The van der Waals surface area contributed by atoms with Crippen LogP contribution in [0.1, 0.15) is 12.5 Å². The van der Waals surface area contributed by atoms with Crippen molar-refractivity contribution in [2.75, 3.05) is 5.01 Å². The van der Waals surface area contributed by atoms with E-state index in [9.17, 15) is 19.5 Å². The summed E-state index contributed by atoms with van der Waals surface area (Å²) < 4.78 is 2.67. The molecule has 9 heteroatoms. The van der Waals surface area contributed by atoms with Crippen LogP contribution >= 0.6 is 15.9 Å². The Kier molecular flexibility index (Phi) is 4.41. The first kappa shape index (κ1) is 17.9. The van der Waals surface area contributed by atoms with Gasteiger partial charge in [-0.1, -0.05) is 15.9 Å². The highest BCUT2D eigenvalue weighted by molar-refractivity contribution is 9.10. The van der Waals surface area contributed by atoms with E-state index in [0.29, 0.717) is 11.4 Å². The molecule has 0 saturated carbocycles. The number of benzene rings is 1. The monoisotopic (exact) mass is 418 g/mol. The van der Waals surface area contributed by atoms with Crippen LogP contribution in [0, 0.1) is 0 Å². The number of hydrazone groups is 1. The van der Waals surface area contributed by atoms with Crippen LogP contribution in [0.25, 0.3) is 6.08 Å². The number of carbonyl (C=O) groups excluding carboxylic acids is 1. The van der Waals surface area contributed by atoms with Crippen molar-refractivity contribution in [3.05, 3.63) is 60.7 Å². The molecule has 0 atom stereocenters. The predicted octanol–water partition coefficient (Wildman–Crippen LogP) is 1.36. The van der Waals surface area contributed by atoms with Gasteiger partial charge in [-0.05, 0) is 37.3 Å². The van der Waals surface area contributed by atoms with E-state index in [1.165, 1.54) is 25.2 Å². The molecule has 0 unspecified atom stereocenters. The first-order valence-corrected chi connectivity index (χ1v) is 8.38. The lowest BCUT2D eigenvalue weighted by atomic mass is 10.1. The predicted molar refractivity (Wildman–Crippen MR) is 101 cm³/mol. The van der Waals surface area contributed by atoms with E-state index in [4.69, 9.17) is 0 Å². The van der Waals surface area contributed by atoms with Crippen LogP contribution in [0.3, 0.4) is 0 Å². The summed E-state index contributed by atoms with van der Waals surface area (Å²) in [6.07, 6.45) is 1.26. The molecule has 1 aromatic carbocycles. The van der Waals surface area contributed by atoms with E-state index in [2.05, 4.69) is 21.0 Å². The van der Waals surface area contributed by atoms with Gasteiger partial charge in [0.1, 0.15) is 5.56 Å². The van der Waals surface area contributed by atoms with Crippen molar-refractivity contribution < 1.29 is 9.90 Å². The zero-order valence-corrected chi connectivity index (χ0v) is 15.8. The molecule has 0 bridgehead atoms. The maximum absolute atomic E-state index is 12.7. The molecule has 0 saturated heterocycles. The van der Waals surface area contributed by atoms with E-state index in [1.54, 1.807) is 31.2 Å². The Morgan fingerprint density at radius 2 is 1.69 bits per heavy atom. The lowest BCUT2D eigenvalue weighted by molar-refractivity contribution is -0.114. The molecule has 1 aromatic heterocycles. The molecule has 1 N–H and O–H groups in total. The third-order valence-electron chi connectivity index (χ3n) is 4.09. The van der Waals surface area contributed by atoms with Crippen molar-refractivity contribution in [3.63, 3.8) is 0 Å². The summed E-state index contributed by atoms with van der Waals surface area (Å²) in [6, 6.07) is 7.02. The van der Waals surface area contributed by atoms with Crippen LogP contribution in [0.4, 0.5) is 5.69 Å². The van der Waals surface area contributed by atoms with Gasteiger partial charge in [-0.2, -0.15) is 10.1 Å². The number of anilines is 1. The SMILES string of the molecule is CC1=NN(c2ccc(Br)cc2)C(=O)/C1=C\c1c(O)n(C)c(=O)n(C)c1=O. The molecule has 134 valence electrons. The van der Waals surface area contributed by atoms with Gasteiger partial charge in [0, 0.05) is 18.6 Å². The Bertz CT molecular complexity index is 1090. The number of aromatic nitrogens is 2. The lowest BCUT2D eigenvalue weighted by Crippen LogP contribution is -2.38. The van der Waals surface area contributed by atoms with Gasteiger partial charge in [0.15, 0.2) is 0 Å². The Morgan fingerprint density at radius 3 is 2.31 bits per heavy atom. The Hall–Kier alpha value is -2.94. The van der Waals surface area contributed by atoms with E-state index < -0.39 is 23.0 Å². The summed E-state index contributed by atoms with van der Waals surface area (Å²) in [5.74, 6) is -0.937. The molecule has 2 heterocycles. The number of nitrogens with zero attached hydrogens (tertiary/aromatic N) is 4. The molecule has 0 radical (unpaired) electrons. The molecular formula is C17H15BrN4O4. The van der Waals surface area contributed by atoms with Crippen LogP contribution in [0.2, 0.25) is 0 Å². The summed E-state index contributed by atoms with van der Waals surface area (Å²) in [7, 11) is 2.64. The molecule has 1 aliphatic rings. The van der Waals surface area contributed by atoms with Gasteiger partial charge >= 0.3 is 5.69 Å². The number of amides is 1. The fourth-order valence-corrected chi connectivity index (χ4v) is 2.84. The standard InChI is InChI=1S/C17H15BrN4O4/c1-9-12(8-13-14(23)20(2)17(26)21(3)15(13)24)16(25)22(19-9)11-6-4-10(18)5-7-11/h4-8,23H,1-3H3/b12-8-. The number of aromatic hydroxyl groups is 1. The van der Waals surface area contributed by atoms with Gasteiger partial charge in [-0.3, -0.25) is 18.7 Å². The van der Waals surface area contributed by atoms with Gasteiger partial charge in [0.2, 0.25) is 5.88 Å². The smallest absolute Gasteiger partial charge is 0.333 e. The highest BCUT2D eigenvalue weighted by Gasteiger charge is 2.29. The van der Waals surface area contributed by atoms with Crippen molar-refractivity contribution in [1.82, 2.24) is 9.13 Å². The Labute approximate surface area is 156 Å². The molecule has 26 heavy (non-hydrogen) atoms. The first-order valence-electron chi connectivity index (χ1n) is 7.58. The van der Waals surface area contributed by atoms with Gasteiger partial charge in [-0.15, -0.1) is 0 Å². The fraction of sp³-hybridized carbons (Fsp3) is 0.176. The Morgan fingerprint density at radius 1 is 1.08 bits per heavy atom. The molecule has 8 nitrogen and oxygen atoms in total. The van der Waals surface area contributed by atoms with E-state index >= 15 is 0 Å². The summed E-state index contributed by atoms with van der Waals surface area (Å²) in [5, 5.41) is 15.6. The number of carbonyl (C=O) groups is 1. The second kappa shape index (κ2) is 6.41. The van der Waals surface area contributed by atoms with Crippen molar-refractivity contribution in [2.45, 2.75) is 6.92 Å². The van der Waals surface area contributed by atoms with Crippen molar-refractivity contribution in [2.24, 2.45) is 19.2 Å². The maximum atomic E-state index is 12.7. The molecular weight excluding hydrogens is 404 g/mol. The molecule has 1 amide bonds. The molecule has 0 spiro atoms. The van der Waals surface area contributed by atoms with Crippen LogP contribution in [-0.4, -0.2) is 25.9 Å². The number of halogens is 1. The average Bonchev–Trinajstić information content (AvgIpc) is 2.90. The third kappa shape index (κ3) is 2.80. The number of hydrogen-bond acceptors (Lipinski definition) is 5. The lowest BCUT2D eigenvalue weighted by Gasteiger charge is -2.12. The summed E-state index contributed by atoms with van der Waals surface area (Å²) in [6.45, 7) is 1.63. The van der Waals surface area contributed by atoms with Crippen LogP contribution in [0.5, 0.6) is 5.88 Å². The van der Waals surface area contributed by atoms with Gasteiger partial charge in [-0.25, -0.2) is 4.79 Å². The third-order valence-corrected chi connectivity index (χ3v) is 4.62. The van der Waals surface area contributed by atoms with Crippen molar-refractivity contribution >= 4 is 39.3 Å². The second-order valence-electron chi connectivity index (χ2n) is 5.78. The highest BCUT2D eigenvalue weighted by Crippen LogP contribution is 2.26. The zero-order valence-electron chi connectivity index (χ0n) is 14.2. The largest absolute Gasteiger partial charge is 0.494 e. The first-order chi connectivity index (χ1) is 12.2. The maximum Gasteiger partial charge on any atom is 0.333 e. The van der Waals surface area contributed by atoms with Crippen molar-refractivity contribution in [1.29, 1.82) is 0 Å². The quantitative estimate of drug-likeness (QED) is 0.744. The number of rotatable bonds is 2. The molecule has 3 rings (SSSR count). The average molecular weight is 419 g/mol. The van der Waals surface area contributed by atoms with Crippen LogP contribution < -0.4 is 16.3 Å². The molecule has 0 fully saturated rings. The van der Waals surface area contributed by atoms with Crippen molar-refractivity contribution in [3.8, 4) is 5.88 Å². The Balaban J connectivity index is 2.11. The molecule has 1 aliphatic heterocycles. The van der Waals surface area contributed by atoms with Gasteiger partial charge in [0.25, 0.3) is 11.5 Å². The minimum absolute atomic E-state index is 0.148. The van der Waals surface area contributed by atoms with Gasteiger partial charge < -0.3 is 5.11 Å². The highest BCUT2D eigenvalue weighted by atomic mass is 79.9. The molecule has 2 aromatic rings. The van der Waals surface area contributed by atoms with E-state index in [1.807, 2.05) is 0 Å². The van der Waals surface area contributed by atoms with Gasteiger partial charge in [0.05, 0.1) is 17.0 Å². The van der Waals surface area contributed by atoms with Crippen LogP contribution in [-0.2, 0) is 18.9 Å². The second-order valence-corrected chi connectivity index (χ2v) is 6.70. The fourth-order valence-electron chi connectivity index (χ4n) is 2.57. The minimum atomic E-state index is -0.694. The minimum Gasteiger partial charge on any atom is -0.494 e. The van der Waals surface area contributed by atoms with E-state index in [0.717, 1.165) is 13.6 Å².